The number of fused-ring (bicyclic) bond motifs is 5. The molecule has 4 heterocycles. The van der Waals surface area contributed by atoms with Crippen molar-refractivity contribution < 1.29 is 33.8 Å². The first-order valence-corrected chi connectivity index (χ1v) is 19.6. The number of hydrogen-bond acceptors (Lipinski definition) is 9. The Hall–Kier alpha value is -5.59. The minimum absolute atomic E-state index is 0.136. The van der Waals surface area contributed by atoms with Gasteiger partial charge in [0.05, 0.1) is 40.8 Å². The summed E-state index contributed by atoms with van der Waals surface area (Å²) >= 11 is 7.87. The second kappa shape index (κ2) is 12.7. The lowest BCUT2D eigenvalue weighted by molar-refractivity contribution is -0.131. The molecule has 9 rings (SSSR count). The van der Waals surface area contributed by atoms with Gasteiger partial charge in [0.15, 0.2) is 17.3 Å². The number of para-hydroxylation sites is 1. The van der Waals surface area contributed by atoms with Gasteiger partial charge in [-0.3, -0.25) is 33.6 Å². The summed E-state index contributed by atoms with van der Waals surface area (Å²) in [6.45, 7) is 5.21. The van der Waals surface area contributed by atoms with Crippen LogP contribution in [-0.4, -0.2) is 51.4 Å². The highest BCUT2D eigenvalue weighted by molar-refractivity contribution is 7.22. The van der Waals surface area contributed by atoms with E-state index in [1.165, 1.54) is 28.5 Å². The summed E-state index contributed by atoms with van der Waals surface area (Å²) in [6.07, 6.45) is 2.31. The quantitative estimate of drug-likeness (QED) is 0.105. The molecule has 6 atom stereocenters. The highest BCUT2D eigenvalue weighted by Gasteiger charge is 2.68. The summed E-state index contributed by atoms with van der Waals surface area (Å²) in [7, 11) is 3.14. The second-order valence-corrected chi connectivity index (χ2v) is 16.9. The lowest BCUT2D eigenvalue weighted by atomic mass is 9.51. The van der Waals surface area contributed by atoms with Gasteiger partial charge >= 0.3 is 0 Å². The van der Waals surface area contributed by atoms with E-state index in [-0.39, 0.29) is 36.0 Å². The van der Waals surface area contributed by atoms with Crippen molar-refractivity contribution in [2.45, 2.75) is 39.5 Å². The monoisotopic (exact) mass is 788 g/mol. The Bertz CT molecular complexity index is 2610. The van der Waals surface area contributed by atoms with Crippen molar-refractivity contribution >= 4 is 73.9 Å². The zero-order valence-electron chi connectivity index (χ0n) is 31.2. The first-order valence-electron chi connectivity index (χ1n) is 18.4. The molecule has 56 heavy (non-hydrogen) atoms. The summed E-state index contributed by atoms with van der Waals surface area (Å²) in [5.41, 5.74) is 2.15. The number of ether oxygens (including phenoxy) is 1. The molecule has 13 heteroatoms. The van der Waals surface area contributed by atoms with E-state index in [9.17, 15) is 24.3 Å². The number of hydrogen-bond donors (Lipinski definition) is 1. The Balaban J connectivity index is 1.15. The first-order chi connectivity index (χ1) is 26.8. The number of thiophene rings is 1. The molecule has 0 spiro atoms. The van der Waals surface area contributed by atoms with E-state index < -0.39 is 52.7 Å². The molecule has 2 aliphatic carbocycles. The third kappa shape index (κ3) is 4.94. The van der Waals surface area contributed by atoms with Crippen LogP contribution in [0.1, 0.15) is 54.1 Å². The number of imide groups is 2. The van der Waals surface area contributed by atoms with Crippen molar-refractivity contribution in [2.24, 2.45) is 36.1 Å². The Labute approximate surface area is 331 Å². The van der Waals surface area contributed by atoms with Gasteiger partial charge in [-0.2, -0.15) is 5.10 Å². The van der Waals surface area contributed by atoms with Crippen LogP contribution in [0.5, 0.6) is 11.5 Å². The lowest BCUT2D eigenvalue weighted by Crippen LogP contribution is -2.49. The number of anilines is 2. The molecule has 1 N–H and O–H groups in total. The average molecular weight is 789 g/mol. The summed E-state index contributed by atoms with van der Waals surface area (Å²) in [4.78, 5) is 73.9. The number of halogens is 1. The van der Waals surface area contributed by atoms with Crippen LogP contribution >= 0.6 is 22.9 Å². The maximum Gasteiger partial charge on any atom is 0.242 e. The highest BCUT2D eigenvalue weighted by atomic mass is 35.5. The van der Waals surface area contributed by atoms with Crippen molar-refractivity contribution in [1.29, 1.82) is 0 Å². The lowest BCUT2D eigenvalue weighted by Gasteiger charge is -2.49. The predicted molar refractivity (Wildman–Crippen MR) is 212 cm³/mol. The molecule has 2 aliphatic heterocycles. The minimum atomic E-state index is -1.39. The van der Waals surface area contributed by atoms with E-state index in [4.69, 9.17) is 21.4 Å². The van der Waals surface area contributed by atoms with E-state index in [0.717, 1.165) is 26.1 Å². The largest absolute Gasteiger partial charge is 0.504 e. The van der Waals surface area contributed by atoms with E-state index in [1.54, 1.807) is 73.8 Å². The number of ketones is 1. The van der Waals surface area contributed by atoms with Crippen LogP contribution in [0.15, 0.2) is 78.4 Å². The summed E-state index contributed by atoms with van der Waals surface area (Å²) in [5, 5.41) is 18.1. The number of phenols is 1. The fraction of sp³-hybridized carbons (Fsp3) is 0.302. The third-order valence-corrected chi connectivity index (χ3v) is 14.1. The van der Waals surface area contributed by atoms with Gasteiger partial charge in [0.25, 0.3) is 0 Å². The molecule has 11 nitrogen and oxygen atoms in total. The van der Waals surface area contributed by atoms with Crippen molar-refractivity contribution in [3.63, 3.8) is 0 Å². The molecular weight excluding hydrogens is 752 g/mol. The van der Waals surface area contributed by atoms with Crippen molar-refractivity contribution in [2.75, 3.05) is 16.9 Å². The van der Waals surface area contributed by atoms with Crippen molar-refractivity contribution in [3.8, 4) is 22.1 Å². The molecular formula is C43H37ClN4O7S. The summed E-state index contributed by atoms with van der Waals surface area (Å²) in [5.74, 6) is -5.25. The Morgan fingerprint density at radius 2 is 1.73 bits per heavy atom. The Kier molecular flexibility index (Phi) is 8.19. The number of carbonyl (C=O) groups is 5. The number of aryl methyl sites for hydroxylation is 2. The van der Waals surface area contributed by atoms with Crippen LogP contribution in [0.25, 0.3) is 20.7 Å². The molecule has 0 radical (unpaired) electrons. The molecule has 5 aromatic rings. The number of benzene rings is 3. The molecule has 3 aromatic carbocycles. The van der Waals surface area contributed by atoms with Crippen LogP contribution in [0.3, 0.4) is 0 Å². The number of nitrogens with zero attached hydrogens (tertiary/aromatic N) is 4. The molecule has 4 aliphatic rings. The number of rotatable bonds is 6. The predicted octanol–water partition coefficient (Wildman–Crippen LogP) is 7.62. The number of allylic oxidation sites excluding steroid dienone is 2. The molecule has 4 amide bonds. The van der Waals surface area contributed by atoms with Gasteiger partial charge in [-0.1, -0.05) is 35.4 Å². The van der Waals surface area contributed by atoms with Crippen molar-refractivity contribution in [3.05, 3.63) is 100 Å². The third-order valence-electron chi connectivity index (χ3n) is 12.6. The number of methoxy groups -OCH3 is 1. The maximum absolute atomic E-state index is 15.2. The molecule has 2 aromatic heterocycles. The van der Waals surface area contributed by atoms with E-state index in [0.29, 0.717) is 33.3 Å². The van der Waals surface area contributed by atoms with Crippen LogP contribution in [-0.2, 0) is 26.2 Å². The number of phenolic OH excluding ortho intramolecular Hbond substituents is 1. The number of aromatic hydroxyl groups is 1. The minimum Gasteiger partial charge on any atom is -0.504 e. The van der Waals surface area contributed by atoms with E-state index in [2.05, 4.69) is 0 Å². The van der Waals surface area contributed by atoms with E-state index in [1.807, 2.05) is 31.2 Å². The fourth-order valence-electron chi connectivity index (χ4n) is 9.83. The number of aromatic nitrogens is 2. The van der Waals surface area contributed by atoms with Crippen LogP contribution in [0.4, 0.5) is 11.5 Å². The second-order valence-electron chi connectivity index (χ2n) is 15.4. The van der Waals surface area contributed by atoms with Gasteiger partial charge in [-0.05, 0) is 99.0 Å². The molecule has 1 saturated carbocycles. The normalized spacial score (nSPS) is 25.8. The average Bonchev–Trinajstić information content (AvgIpc) is 3.85. The summed E-state index contributed by atoms with van der Waals surface area (Å²) in [6, 6.07) is 18.9. The zero-order valence-corrected chi connectivity index (χ0v) is 32.8. The Morgan fingerprint density at radius 3 is 2.45 bits per heavy atom. The maximum atomic E-state index is 15.2. The van der Waals surface area contributed by atoms with Gasteiger partial charge < -0.3 is 9.84 Å². The van der Waals surface area contributed by atoms with Crippen LogP contribution in [0.2, 0.25) is 5.02 Å². The highest BCUT2D eigenvalue weighted by Crippen LogP contribution is 2.65. The Morgan fingerprint density at radius 1 is 0.982 bits per heavy atom. The smallest absolute Gasteiger partial charge is 0.242 e. The summed E-state index contributed by atoms with van der Waals surface area (Å²) < 4.78 is 8.07. The number of amides is 4. The van der Waals surface area contributed by atoms with Gasteiger partial charge in [0.2, 0.25) is 23.6 Å². The first kappa shape index (κ1) is 36.1. The molecule has 0 bridgehead atoms. The van der Waals surface area contributed by atoms with Crippen LogP contribution in [0, 0.1) is 36.0 Å². The van der Waals surface area contributed by atoms with Gasteiger partial charge in [-0.15, -0.1) is 11.3 Å². The zero-order chi connectivity index (χ0) is 39.5. The molecule has 2 saturated heterocycles. The molecule has 0 unspecified atom stereocenters. The van der Waals surface area contributed by atoms with Gasteiger partial charge in [0, 0.05) is 39.9 Å². The standard InChI is InChI=1S/C43H37ClN4O7S/c1-20-28-17-23(44)11-16-33(28)56-38(20)31-19-34(46(4)45-31)48-40(52)30-18-29-25(36(43(30,3)42(48)54)27-7-6-8-32(55-5)37(27)50)14-15-26-35(29)41(53)47(39(26)51)24-12-9-22(10-13-24)21(2)49/h6-14,16-17,19,26,29-30,35-36,50H,15,18H2,1-5H3/t26-,29+,30-,35-,36+,43+/m0/s1. The van der Waals surface area contributed by atoms with Gasteiger partial charge in [-0.25, -0.2) is 4.90 Å². The molecule has 3 fully saturated rings. The van der Waals surface area contributed by atoms with Gasteiger partial charge in [0.1, 0.15) is 11.5 Å². The molecule has 284 valence electrons. The van der Waals surface area contributed by atoms with Crippen LogP contribution < -0.4 is 14.5 Å². The topological polar surface area (TPSA) is 139 Å². The SMILES string of the molecule is COc1cccc([C@H]2C3=CC[C@@H]4C(=O)N(c5ccc(C(C)=O)cc5)C(=O)[C@@H]4[C@@H]3C[C@H]3C(=O)N(c4cc(-c5sc6ccc(Cl)cc6c5C)nn4C)C(=O)[C@@]23C)c1O. The van der Waals surface area contributed by atoms with Crippen molar-refractivity contribution in [1.82, 2.24) is 9.78 Å². The fourth-order valence-corrected chi connectivity index (χ4v) is 11.1. The number of carbonyl (C=O) groups excluding carboxylic acids is 5. The van der Waals surface area contributed by atoms with E-state index >= 15 is 4.79 Å². The number of Topliss-reactive ketones (excluding diaryl/α,β-unsaturated/α-hetero) is 1.